The third-order valence-electron chi connectivity index (χ3n) is 4.85. The molecule has 1 aliphatic carbocycles. The summed E-state index contributed by atoms with van der Waals surface area (Å²) in [5.41, 5.74) is 3.28. The molecule has 1 aromatic heterocycles. The summed E-state index contributed by atoms with van der Waals surface area (Å²) in [5, 5.41) is 10.3. The predicted molar refractivity (Wildman–Crippen MR) is 91.1 cm³/mol. The minimum Gasteiger partial charge on any atom is -0.383 e. The first kappa shape index (κ1) is 15.5. The van der Waals surface area contributed by atoms with Crippen LogP contribution in [-0.4, -0.2) is 33.5 Å². The molecule has 0 amide bonds. The molecule has 1 N–H and O–H groups in total. The number of rotatable bonds is 3. The number of hydrogen-bond acceptors (Lipinski definition) is 3. The molecule has 5 heteroatoms. The second-order valence-corrected chi connectivity index (χ2v) is 7.12. The largest absolute Gasteiger partial charge is 0.383 e. The molecule has 0 spiro atoms. The molecule has 126 valence electrons. The summed E-state index contributed by atoms with van der Waals surface area (Å²) in [4.78, 5) is 4.39. The molecule has 2 heterocycles. The van der Waals surface area contributed by atoms with Gasteiger partial charge in [-0.15, -0.1) is 0 Å². The van der Waals surface area contributed by atoms with Gasteiger partial charge in [0, 0.05) is 0 Å². The lowest BCUT2D eigenvalue weighted by atomic mass is 9.87. The van der Waals surface area contributed by atoms with Crippen molar-refractivity contribution in [3.63, 3.8) is 0 Å². The van der Waals surface area contributed by atoms with E-state index in [0.717, 1.165) is 22.2 Å². The van der Waals surface area contributed by atoms with Crippen molar-refractivity contribution in [2.75, 3.05) is 13.2 Å². The SMILES string of the molecule is CC1=CC(C)CC(c2ccc3ncn(CC4(O)COC4)c3c2)=C1F. The second-order valence-electron chi connectivity index (χ2n) is 7.12. The van der Waals surface area contributed by atoms with Crippen LogP contribution in [-0.2, 0) is 11.3 Å². The minimum atomic E-state index is -0.827. The van der Waals surface area contributed by atoms with Crippen molar-refractivity contribution in [1.82, 2.24) is 9.55 Å². The summed E-state index contributed by atoms with van der Waals surface area (Å²) in [6.45, 7) is 5.04. The van der Waals surface area contributed by atoms with Crippen molar-refractivity contribution in [1.29, 1.82) is 0 Å². The Morgan fingerprint density at radius 1 is 1.42 bits per heavy atom. The van der Waals surface area contributed by atoms with Crippen LogP contribution >= 0.6 is 0 Å². The Kier molecular flexibility index (Phi) is 3.58. The van der Waals surface area contributed by atoms with Crippen molar-refractivity contribution < 1.29 is 14.2 Å². The maximum Gasteiger partial charge on any atom is 0.129 e. The van der Waals surface area contributed by atoms with E-state index in [2.05, 4.69) is 11.9 Å². The summed E-state index contributed by atoms with van der Waals surface area (Å²) in [6.07, 6.45) is 4.40. The van der Waals surface area contributed by atoms with Gasteiger partial charge in [0.1, 0.15) is 11.4 Å². The molecule has 4 rings (SSSR count). The Morgan fingerprint density at radius 3 is 2.92 bits per heavy atom. The maximum atomic E-state index is 14.6. The smallest absolute Gasteiger partial charge is 0.129 e. The topological polar surface area (TPSA) is 47.3 Å². The normalized spacial score (nSPS) is 23.3. The van der Waals surface area contributed by atoms with Crippen molar-refractivity contribution in [2.45, 2.75) is 32.4 Å². The molecule has 2 aliphatic rings. The van der Waals surface area contributed by atoms with Gasteiger partial charge in [0.2, 0.25) is 0 Å². The summed E-state index contributed by atoms with van der Waals surface area (Å²) in [6, 6.07) is 5.83. The van der Waals surface area contributed by atoms with E-state index >= 15 is 0 Å². The Bertz CT molecular complexity index is 861. The Morgan fingerprint density at radius 2 is 2.21 bits per heavy atom. The van der Waals surface area contributed by atoms with Crippen LogP contribution in [0.15, 0.2) is 42.0 Å². The van der Waals surface area contributed by atoms with Crippen molar-refractivity contribution in [3.05, 3.63) is 47.6 Å². The highest BCUT2D eigenvalue weighted by atomic mass is 19.1. The highest BCUT2D eigenvalue weighted by Gasteiger charge is 2.36. The van der Waals surface area contributed by atoms with Crippen LogP contribution in [0.5, 0.6) is 0 Å². The molecule has 1 fully saturated rings. The summed E-state index contributed by atoms with van der Waals surface area (Å²) < 4.78 is 21.6. The fraction of sp³-hybridized carbons (Fsp3) is 0.421. The van der Waals surface area contributed by atoms with Gasteiger partial charge in [0.05, 0.1) is 37.1 Å². The van der Waals surface area contributed by atoms with Crippen LogP contribution in [0.4, 0.5) is 4.39 Å². The van der Waals surface area contributed by atoms with E-state index < -0.39 is 5.60 Å². The van der Waals surface area contributed by atoms with Gasteiger partial charge in [-0.3, -0.25) is 0 Å². The Labute approximate surface area is 140 Å². The van der Waals surface area contributed by atoms with Crippen LogP contribution in [0.3, 0.4) is 0 Å². The van der Waals surface area contributed by atoms with E-state index in [1.165, 1.54) is 0 Å². The van der Waals surface area contributed by atoms with Gasteiger partial charge in [-0.1, -0.05) is 19.1 Å². The molecule has 1 atom stereocenters. The molecule has 24 heavy (non-hydrogen) atoms. The molecular formula is C19H21FN2O2. The zero-order chi connectivity index (χ0) is 16.9. The first-order valence-electron chi connectivity index (χ1n) is 8.28. The van der Waals surface area contributed by atoms with Gasteiger partial charge in [0.25, 0.3) is 0 Å². The highest BCUT2D eigenvalue weighted by Crippen LogP contribution is 2.36. The van der Waals surface area contributed by atoms with E-state index in [1.807, 2.05) is 35.8 Å². The number of nitrogens with zero attached hydrogens (tertiary/aromatic N) is 2. The number of imidazole rings is 1. The van der Waals surface area contributed by atoms with Gasteiger partial charge in [0.15, 0.2) is 0 Å². The molecule has 1 unspecified atom stereocenters. The Balaban J connectivity index is 1.75. The third-order valence-corrected chi connectivity index (χ3v) is 4.85. The van der Waals surface area contributed by atoms with E-state index in [9.17, 15) is 9.50 Å². The zero-order valence-corrected chi connectivity index (χ0v) is 13.9. The molecule has 0 saturated carbocycles. The first-order valence-corrected chi connectivity index (χ1v) is 8.28. The fourth-order valence-electron chi connectivity index (χ4n) is 3.57. The predicted octanol–water partition coefficient (Wildman–Crippen LogP) is 3.46. The van der Waals surface area contributed by atoms with Gasteiger partial charge >= 0.3 is 0 Å². The fourth-order valence-corrected chi connectivity index (χ4v) is 3.57. The number of halogens is 1. The standard InChI is InChI=1S/C19H21FN2O2/c1-12-5-13(2)18(20)15(6-12)14-3-4-16-17(7-14)22(11-21-16)8-19(23)9-24-10-19/h3-5,7,11-12,23H,6,8-10H2,1-2H3. The van der Waals surface area contributed by atoms with Crippen LogP contribution in [0.1, 0.15) is 25.8 Å². The maximum absolute atomic E-state index is 14.6. The molecule has 1 aromatic carbocycles. The highest BCUT2D eigenvalue weighted by molar-refractivity contribution is 5.83. The molecule has 2 aromatic rings. The average Bonchev–Trinajstić information content (AvgIpc) is 2.91. The van der Waals surface area contributed by atoms with Gasteiger partial charge in [-0.25, -0.2) is 9.37 Å². The van der Waals surface area contributed by atoms with Gasteiger partial charge in [-0.2, -0.15) is 0 Å². The molecule has 1 saturated heterocycles. The molecule has 0 radical (unpaired) electrons. The quantitative estimate of drug-likeness (QED) is 0.938. The molecule has 0 bridgehead atoms. The summed E-state index contributed by atoms with van der Waals surface area (Å²) >= 11 is 0. The number of hydrogen-bond donors (Lipinski definition) is 1. The van der Waals surface area contributed by atoms with Crippen molar-refractivity contribution >= 4 is 16.6 Å². The number of benzene rings is 1. The lowest BCUT2D eigenvalue weighted by molar-refractivity contribution is -0.184. The number of aliphatic hydroxyl groups is 1. The molecule has 4 nitrogen and oxygen atoms in total. The van der Waals surface area contributed by atoms with Crippen LogP contribution < -0.4 is 0 Å². The molecular weight excluding hydrogens is 307 g/mol. The van der Waals surface area contributed by atoms with Crippen molar-refractivity contribution in [3.8, 4) is 0 Å². The second kappa shape index (κ2) is 5.53. The van der Waals surface area contributed by atoms with E-state index in [0.29, 0.717) is 37.7 Å². The summed E-state index contributed by atoms with van der Waals surface area (Å²) in [5.74, 6) is 0.206. The number of aromatic nitrogens is 2. The van der Waals surface area contributed by atoms with E-state index in [4.69, 9.17) is 4.74 Å². The first-order chi connectivity index (χ1) is 11.5. The van der Waals surface area contributed by atoms with E-state index in [-0.39, 0.29) is 5.83 Å². The monoisotopic (exact) mass is 328 g/mol. The lowest BCUT2D eigenvalue weighted by Gasteiger charge is -2.36. The van der Waals surface area contributed by atoms with Crippen LogP contribution in [0.2, 0.25) is 0 Å². The lowest BCUT2D eigenvalue weighted by Crippen LogP contribution is -2.52. The summed E-state index contributed by atoms with van der Waals surface area (Å²) in [7, 11) is 0. The zero-order valence-electron chi connectivity index (χ0n) is 13.9. The third kappa shape index (κ3) is 2.58. The Hall–Kier alpha value is -1.98. The number of ether oxygens (including phenoxy) is 1. The average molecular weight is 328 g/mol. The van der Waals surface area contributed by atoms with E-state index in [1.54, 1.807) is 6.33 Å². The number of fused-ring (bicyclic) bond motifs is 1. The van der Waals surface area contributed by atoms with Gasteiger partial charge in [-0.05, 0) is 48.1 Å². The van der Waals surface area contributed by atoms with Crippen LogP contribution in [0.25, 0.3) is 16.6 Å². The van der Waals surface area contributed by atoms with Crippen molar-refractivity contribution in [2.24, 2.45) is 5.92 Å². The minimum absolute atomic E-state index is 0.121. The number of allylic oxidation sites excluding steroid dienone is 4. The van der Waals surface area contributed by atoms with Gasteiger partial charge < -0.3 is 14.4 Å². The molecule has 1 aliphatic heterocycles. The van der Waals surface area contributed by atoms with Crippen LogP contribution in [0, 0.1) is 5.92 Å².